The van der Waals surface area contributed by atoms with Gasteiger partial charge in [-0.2, -0.15) is 0 Å². The summed E-state index contributed by atoms with van der Waals surface area (Å²) < 4.78 is 0. The predicted molar refractivity (Wildman–Crippen MR) is 75.9 cm³/mol. The van der Waals surface area contributed by atoms with Gasteiger partial charge < -0.3 is 0 Å². The van der Waals surface area contributed by atoms with E-state index in [0.29, 0.717) is 0 Å². The molecule has 0 spiro atoms. The molecule has 2 rings (SSSR count). The molecule has 0 nitrogen and oxygen atoms in total. The smallest absolute Gasteiger partial charge is 0.0355 e. The van der Waals surface area contributed by atoms with E-state index in [9.17, 15) is 0 Å². The summed E-state index contributed by atoms with van der Waals surface area (Å²) in [6, 6.07) is 0. The first kappa shape index (κ1) is 13.4. The van der Waals surface area contributed by atoms with Crippen molar-refractivity contribution in [2.24, 2.45) is 41.4 Å². The van der Waals surface area contributed by atoms with Crippen molar-refractivity contribution in [3.8, 4) is 0 Å². The van der Waals surface area contributed by atoms with E-state index in [-0.39, 0.29) is 0 Å². The number of rotatable bonds is 1. The van der Waals surface area contributed by atoms with Crippen LogP contribution in [0.1, 0.15) is 66.7 Å². The van der Waals surface area contributed by atoms with Crippen LogP contribution in [-0.4, -0.2) is 0 Å². The van der Waals surface area contributed by atoms with Crippen molar-refractivity contribution in [2.75, 3.05) is 0 Å². The van der Waals surface area contributed by atoms with Crippen molar-refractivity contribution in [2.45, 2.75) is 66.7 Å². The SMILES string of the molecule is CC1CCC(C2CC(C)C(C)C(C)C2C)CC1. The van der Waals surface area contributed by atoms with Crippen LogP contribution in [0.15, 0.2) is 0 Å². The van der Waals surface area contributed by atoms with Gasteiger partial charge in [-0.05, 0) is 60.7 Å². The minimum atomic E-state index is 0.933. The fourth-order valence-electron chi connectivity index (χ4n) is 4.58. The van der Waals surface area contributed by atoms with E-state index in [1.807, 2.05) is 0 Å². The Morgan fingerprint density at radius 3 is 1.82 bits per heavy atom. The molecule has 0 bridgehead atoms. The first-order valence-corrected chi connectivity index (χ1v) is 8.00. The van der Waals surface area contributed by atoms with E-state index in [2.05, 4.69) is 34.6 Å². The molecule has 5 unspecified atom stereocenters. The lowest BCUT2D eigenvalue weighted by atomic mass is 9.59. The second-order valence-electron chi connectivity index (χ2n) is 7.47. The lowest BCUT2D eigenvalue weighted by Gasteiger charge is -2.47. The molecule has 0 heteroatoms. The Morgan fingerprint density at radius 2 is 1.24 bits per heavy atom. The molecule has 100 valence electrons. The molecule has 5 atom stereocenters. The van der Waals surface area contributed by atoms with Crippen molar-refractivity contribution >= 4 is 0 Å². The molecule has 2 aliphatic carbocycles. The molecule has 2 saturated carbocycles. The molecule has 0 aliphatic heterocycles. The second-order valence-corrected chi connectivity index (χ2v) is 7.47. The van der Waals surface area contributed by atoms with Crippen LogP contribution in [0.25, 0.3) is 0 Å². The maximum atomic E-state index is 2.54. The summed E-state index contributed by atoms with van der Waals surface area (Å²) in [5.41, 5.74) is 0. The fraction of sp³-hybridized carbons (Fsp3) is 1.00. The highest BCUT2D eigenvalue weighted by atomic mass is 14.4. The molecule has 0 aromatic heterocycles. The zero-order valence-corrected chi connectivity index (χ0v) is 12.6. The van der Waals surface area contributed by atoms with Crippen LogP contribution in [0.2, 0.25) is 0 Å². The first-order valence-electron chi connectivity index (χ1n) is 8.00. The van der Waals surface area contributed by atoms with Gasteiger partial charge in [0.2, 0.25) is 0 Å². The van der Waals surface area contributed by atoms with Gasteiger partial charge in [0.1, 0.15) is 0 Å². The van der Waals surface area contributed by atoms with Crippen molar-refractivity contribution in [3.05, 3.63) is 0 Å². The highest BCUT2D eigenvalue weighted by molar-refractivity contribution is 4.89. The van der Waals surface area contributed by atoms with Crippen molar-refractivity contribution in [3.63, 3.8) is 0 Å². The summed E-state index contributed by atoms with van der Waals surface area (Å²) in [5.74, 6) is 6.86. The molecule has 0 heterocycles. The van der Waals surface area contributed by atoms with Gasteiger partial charge in [-0.1, -0.05) is 47.5 Å². The normalized spacial score (nSPS) is 52.4. The van der Waals surface area contributed by atoms with Gasteiger partial charge in [0.25, 0.3) is 0 Å². The van der Waals surface area contributed by atoms with Crippen LogP contribution in [0.4, 0.5) is 0 Å². The molecule has 0 radical (unpaired) electrons. The van der Waals surface area contributed by atoms with Gasteiger partial charge in [0.15, 0.2) is 0 Å². The first-order chi connectivity index (χ1) is 8.00. The minimum absolute atomic E-state index is 0.933. The van der Waals surface area contributed by atoms with Crippen molar-refractivity contribution in [1.29, 1.82) is 0 Å². The average molecular weight is 236 g/mol. The maximum absolute atomic E-state index is 2.54. The zero-order valence-electron chi connectivity index (χ0n) is 12.6. The summed E-state index contributed by atoms with van der Waals surface area (Å²) in [6.45, 7) is 12.4. The Morgan fingerprint density at radius 1 is 0.647 bits per heavy atom. The zero-order chi connectivity index (χ0) is 12.6. The summed E-state index contributed by atoms with van der Waals surface area (Å²) in [6.07, 6.45) is 7.53. The van der Waals surface area contributed by atoms with Gasteiger partial charge in [-0.25, -0.2) is 0 Å². The third-order valence-electron chi connectivity index (χ3n) is 6.54. The van der Waals surface area contributed by atoms with Gasteiger partial charge in [-0.15, -0.1) is 0 Å². The summed E-state index contributed by atoms with van der Waals surface area (Å²) >= 11 is 0. The molecule has 0 aromatic rings. The van der Waals surface area contributed by atoms with E-state index >= 15 is 0 Å². The van der Waals surface area contributed by atoms with E-state index in [4.69, 9.17) is 0 Å². The van der Waals surface area contributed by atoms with Crippen LogP contribution in [0, 0.1) is 41.4 Å². The topological polar surface area (TPSA) is 0 Å². The molecule has 0 saturated heterocycles. The lowest BCUT2D eigenvalue weighted by Crippen LogP contribution is -2.39. The highest BCUT2D eigenvalue weighted by Gasteiger charge is 2.40. The van der Waals surface area contributed by atoms with E-state index < -0.39 is 0 Å². The van der Waals surface area contributed by atoms with Crippen LogP contribution in [0.3, 0.4) is 0 Å². The van der Waals surface area contributed by atoms with E-state index in [1.54, 1.807) is 0 Å². The van der Waals surface area contributed by atoms with Crippen molar-refractivity contribution < 1.29 is 0 Å². The molecule has 2 aliphatic rings. The Hall–Kier alpha value is 0. The molecular weight excluding hydrogens is 204 g/mol. The second kappa shape index (κ2) is 5.33. The quantitative estimate of drug-likeness (QED) is 0.573. The standard InChI is InChI=1S/C17H32/c1-11-6-8-16(9-7-11)17-10-12(2)13(3)14(4)15(17)5/h11-17H,6-10H2,1-5H3. The maximum Gasteiger partial charge on any atom is -0.0355 e. The van der Waals surface area contributed by atoms with E-state index in [1.165, 1.54) is 32.1 Å². The van der Waals surface area contributed by atoms with Crippen LogP contribution in [0.5, 0.6) is 0 Å². The average Bonchev–Trinajstić information content (AvgIpc) is 2.32. The molecule has 0 N–H and O–H groups in total. The highest BCUT2D eigenvalue weighted by Crippen LogP contribution is 2.48. The van der Waals surface area contributed by atoms with Gasteiger partial charge in [0, 0.05) is 0 Å². The fourth-order valence-corrected chi connectivity index (χ4v) is 4.58. The lowest BCUT2D eigenvalue weighted by molar-refractivity contribution is 0.0252. The summed E-state index contributed by atoms with van der Waals surface area (Å²) in [7, 11) is 0. The Kier molecular flexibility index (Phi) is 4.21. The third-order valence-corrected chi connectivity index (χ3v) is 6.54. The van der Waals surface area contributed by atoms with Crippen LogP contribution in [-0.2, 0) is 0 Å². The monoisotopic (exact) mass is 236 g/mol. The summed E-state index contributed by atoms with van der Waals surface area (Å²) in [4.78, 5) is 0. The van der Waals surface area contributed by atoms with Gasteiger partial charge in [0.05, 0.1) is 0 Å². The minimum Gasteiger partial charge on any atom is -0.0625 e. The molecule has 0 aromatic carbocycles. The number of hydrogen-bond acceptors (Lipinski definition) is 0. The Balaban J connectivity index is 2.00. The van der Waals surface area contributed by atoms with Gasteiger partial charge in [-0.3, -0.25) is 0 Å². The third kappa shape index (κ3) is 2.71. The van der Waals surface area contributed by atoms with Crippen LogP contribution >= 0.6 is 0 Å². The predicted octanol–water partition coefficient (Wildman–Crippen LogP) is 5.38. The Labute approximate surface area is 109 Å². The van der Waals surface area contributed by atoms with E-state index in [0.717, 1.165) is 41.4 Å². The number of hydrogen-bond donors (Lipinski definition) is 0. The van der Waals surface area contributed by atoms with Crippen LogP contribution < -0.4 is 0 Å². The largest absolute Gasteiger partial charge is 0.0625 e. The van der Waals surface area contributed by atoms with Gasteiger partial charge >= 0.3 is 0 Å². The molecule has 0 amide bonds. The molecular formula is C17H32. The Bertz CT molecular complexity index is 236. The molecule has 2 fully saturated rings. The molecule has 17 heavy (non-hydrogen) atoms. The summed E-state index contributed by atoms with van der Waals surface area (Å²) in [5, 5.41) is 0. The van der Waals surface area contributed by atoms with Crippen molar-refractivity contribution in [1.82, 2.24) is 0 Å².